The predicted octanol–water partition coefficient (Wildman–Crippen LogP) is 2.85. The van der Waals surface area contributed by atoms with Gasteiger partial charge in [-0.3, -0.25) is 4.79 Å². The lowest BCUT2D eigenvalue weighted by atomic mass is 9.94. The second kappa shape index (κ2) is 6.60. The average molecular weight is 260 g/mol. The highest BCUT2D eigenvalue weighted by Gasteiger charge is 2.21. The highest BCUT2D eigenvalue weighted by Crippen LogP contribution is 2.20. The molecule has 1 aromatic rings. The number of carbonyl (C=O) groups excluding carboxylic acids is 1. The number of rotatable bonds is 4. The van der Waals surface area contributed by atoms with Crippen molar-refractivity contribution in [1.29, 1.82) is 0 Å². The van der Waals surface area contributed by atoms with Crippen LogP contribution >= 0.6 is 0 Å². The molecule has 1 saturated heterocycles. The zero-order valence-electron chi connectivity index (χ0n) is 11.8. The number of benzene rings is 1. The summed E-state index contributed by atoms with van der Waals surface area (Å²) in [6, 6.07) is 7.80. The molecule has 0 unspecified atom stereocenters. The lowest BCUT2D eigenvalue weighted by Gasteiger charge is -2.31. The molecule has 0 saturated carbocycles. The molecule has 1 aliphatic heterocycles. The minimum atomic E-state index is 0.298. The van der Waals surface area contributed by atoms with Crippen LogP contribution in [0.1, 0.15) is 38.2 Å². The van der Waals surface area contributed by atoms with Crippen LogP contribution < -0.4 is 5.73 Å². The summed E-state index contributed by atoms with van der Waals surface area (Å²) < 4.78 is 0. The molecule has 0 aliphatic carbocycles. The van der Waals surface area contributed by atoms with E-state index in [4.69, 9.17) is 5.73 Å². The van der Waals surface area contributed by atoms with Gasteiger partial charge in [0.2, 0.25) is 5.91 Å². The van der Waals surface area contributed by atoms with Crippen molar-refractivity contribution in [3.8, 4) is 0 Å². The van der Waals surface area contributed by atoms with Crippen LogP contribution in [0.4, 0.5) is 5.69 Å². The third-order valence-corrected chi connectivity index (χ3v) is 4.15. The van der Waals surface area contributed by atoms with Crippen molar-refractivity contribution < 1.29 is 4.79 Å². The van der Waals surface area contributed by atoms with Crippen LogP contribution in [0, 0.1) is 5.92 Å². The number of amides is 1. The second-order valence-corrected chi connectivity index (χ2v) is 5.47. The van der Waals surface area contributed by atoms with E-state index >= 15 is 0 Å². The van der Waals surface area contributed by atoms with Crippen LogP contribution in [0.15, 0.2) is 24.3 Å². The number of nitrogens with zero attached hydrogens (tertiary/aromatic N) is 1. The Balaban J connectivity index is 1.77. The van der Waals surface area contributed by atoms with Gasteiger partial charge in [-0.2, -0.15) is 0 Å². The van der Waals surface area contributed by atoms with Crippen molar-refractivity contribution in [3.05, 3.63) is 29.8 Å². The SMILES string of the molecule is CCC1CCN(C(=O)CCc2ccc(N)cc2)CC1. The monoisotopic (exact) mass is 260 g/mol. The first kappa shape index (κ1) is 13.9. The smallest absolute Gasteiger partial charge is 0.222 e. The molecule has 3 nitrogen and oxygen atoms in total. The van der Waals surface area contributed by atoms with Gasteiger partial charge >= 0.3 is 0 Å². The Morgan fingerprint density at radius 1 is 1.26 bits per heavy atom. The first-order valence-electron chi connectivity index (χ1n) is 7.31. The fourth-order valence-electron chi connectivity index (χ4n) is 2.68. The topological polar surface area (TPSA) is 46.3 Å². The van der Waals surface area contributed by atoms with Crippen molar-refractivity contribution in [3.63, 3.8) is 0 Å². The van der Waals surface area contributed by atoms with Gasteiger partial charge in [0.05, 0.1) is 0 Å². The Hall–Kier alpha value is -1.51. The van der Waals surface area contributed by atoms with Crippen LogP contribution in [0.3, 0.4) is 0 Å². The molecule has 2 N–H and O–H groups in total. The summed E-state index contributed by atoms with van der Waals surface area (Å²) in [6.07, 6.45) is 5.01. The summed E-state index contributed by atoms with van der Waals surface area (Å²) in [5.41, 5.74) is 7.61. The number of carbonyl (C=O) groups is 1. The molecule has 0 atom stereocenters. The van der Waals surface area contributed by atoms with Crippen molar-refractivity contribution in [2.75, 3.05) is 18.8 Å². The molecule has 104 valence electrons. The Bertz CT molecular complexity index is 405. The maximum atomic E-state index is 12.1. The van der Waals surface area contributed by atoms with E-state index in [9.17, 15) is 4.79 Å². The third-order valence-electron chi connectivity index (χ3n) is 4.15. The number of aryl methyl sites for hydroxylation is 1. The zero-order chi connectivity index (χ0) is 13.7. The molecule has 0 aromatic heterocycles. The van der Waals surface area contributed by atoms with Crippen molar-refractivity contribution in [2.45, 2.75) is 39.0 Å². The number of likely N-dealkylation sites (tertiary alicyclic amines) is 1. The van der Waals surface area contributed by atoms with Gasteiger partial charge in [-0.1, -0.05) is 25.5 Å². The Kier molecular flexibility index (Phi) is 4.83. The number of hydrogen-bond acceptors (Lipinski definition) is 2. The van der Waals surface area contributed by atoms with Crippen molar-refractivity contribution in [1.82, 2.24) is 4.90 Å². The van der Waals surface area contributed by atoms with E-state index in [1.165, 1.54) is 24.8 Å². The van der Waals surface area contributed by atoms with Crippen LogP contribution in [0.2, 0.25) is 0 Å². The summed E-state index contributed by atoms with van der Waals surface area (Å²) in [6.45, 7) is 4.13. The minimum Gasteiger partial charge on any atom is -0.399 e. The number of nitrogen functional groups attached to an aromatic ring is 1. The number of nitrogens with two attached hydrogens (primary N) is 1. The molecule has 2 rings (SSSR count). The van der Waals surface area contributed by atoms with E-state index in [2.05, 4.69) is 6.92 Å². The zero-order valence-corrected chi connectivity index (χ0v) is 11.8. The standard InChI is InChI=1S/C16H24N2O/c1-2-13-9-11-18(12-10-13)16(19)8-5-14-3-6-15(17)7-4-14/h3-4,6-7,13H,2,5,8-12,17H2,1H3. The molecule has 0 spiro atoms. The molecule has 3 heteroatoms. The van der Waals surface area contributed by atoms with Gasteiger partial charge in [0.15, 0.2) is 0 Å². The largest absolute Gasteiger partial charge is 0.399 e. The number of hydrogen-bond donors (Lipinski definition) is 1. The van der Waals surface area contributed by atoms with E-state index in [-0.39, 0.29) is 0 Å². The molecule has 19 heavy (non-hydrogen) atoms. The van der Waals surface area contributed by atoms with Crippen LogP contribution in [0.25, 0.3) is 0 Å². The van der Waals surface area contributed by atoms with Gasteiger partial charge in [0.1, 0.15) is 0 Å². The second-order valence-electron chi connectivity index (χ2n) is 5.47. The van der Waals surface area contributed by atoms with E-state index in [0.29, 0.717) is 12.3 Å². The molecule has 0 bridgehead atoms. The summed E-state index contributed by atoms with van der Waals surface area (Å²) in [7, 11) is 0. The molecular weight excluding hydrogens is 236 g/mol. The summed E-state index contributed by atoms with van der Waals surface area (Å²) in [4.78, 5) is 14.2. The Labute approximate surface area is 115 Å². The minimum absolute atomic E-state index is 0.298. The van der Waals surface area contributed by atoms with Crippen LogP contribution in [0.5, 0.6) is 0 Å². The van der Waals surface area contributed by atoms with E-state index in [1.54, 1.807) is 0 Å². The van der Waals surface area contributed by atoms with Crippen LogP contribution in [-0.4, -0.2) is 23.9 Å². The molecule has 1 amide bonds. The van der Waals surface area contributed by atoms with Gasteiger partial charge in [0.25, 0.3) is 0 Å². The van der Waals surface area contributed by atoms with Gasteiger partial charge in [-0.15, -0.1) is 0 Å². The Morgan fingerprint density at radius 2 is 1.89 bits per heavy atom. The molecule has 1 fully saturated rings. The first-order chi connectivity index (χ1) is 9.19. The van der Waals surface area contributed by atoms with Crippen molar-refractivity contribution >= 4 is 11.6 Å². The first-order valence-corrected chi connectivity index (χ1v) is 7.31. The van der Waals surface area contributed by atoms with E-state index in [0.717, 1.165) is 31.1 Å². The maximum Gasteiger partial charge on any atom is 0.222 e. The lowest BCUT2D eigenvalue weighted by Crippen LogP contribution is -2.38. The average Bonchev–Trinajstić information content (AvgIpc) is 2.46. The highest BCUT2D eigenvalue weighted by atomic mass is 16.2. The van der Waals surface area contributed by atoms with E-state index in [1.807, 2.05) is 29.2 Å². The van der Waals surface area contributed by atoms with Gasteiger partial charge in [0, 0.05) is 25.2 Å². The Morgan fingerprint density at radius 3 is 2.47 bits per heavy atom. The number of piperidine rings is 1. The summed E-state index contributed by atoms with van der Waals surface area (Å²) in [5, 5.41) is 0. The van der Waals surface area contributed by atoms with Gasteiger partial charge in [-0.25, -0.2) is 0 Å². The molecule has 1 aromatic carbocycles. The maximum absolute atomic E-state index is 12.1. The number of anilines is 1. The van der Waals surface area contributed by atoms with Gasteiger partial charge in [-0.05, 0) is 42.9 Å². The normalized spacial score (nSPS) is 16.6. The third kappa shape index (κ3) is 3.98. The van der Waals surface area contributed by atoms with Crippen LogP contribution in [-0.2, 0) is 11.2 Å². The molecular formula is C16H24N2O. The van der Waals surface area contributed by atoms with Gasteiger partial charge < -0.3 is 10.6 Å². The quantitative estimate of drug-likeness (QED) is 0.846. The fourth-order valence-corrected chi connectivity index (χ4v) is 2.68. The molecule has 1 heterocycles. The molecule has 1 aliphatic rings. The highest BCUT2D eigenvalue weighted by molar-refractivity contribution is 5.76. The lowest BCUT2D eigenvalue weighted by molar-refractivity contribution is -0.132. The summed E-state index contributed by atoms with van der Waals surface area (Å²) >= 11 is 0. The van der Waals surface area contributed by atoms with E-state index < -0.39 is 0 Å². The predicted molar refractivity (Wildman–Crippen MR) is 78.8 cm³/mol. The molecule has 0 radical (unpaired) electrons. The fraction of sp³-hybridized carbons (Fsp3) is 0.562. The van der Waals surface area contributed by atoms with Crippen molar-refractivity contribution in [2.24, 2.45) is 5.92 Å². The summed E-state index contributed by atoms with van der Waals surface area (Å²) in [5.74, 6) is 1.12.